The fourth-order valence-electron chi connectivity index (χ4n) is 3.04. The number of aromatic hydroxyl groups is 1. The Labute approximate surface area is 188 Å². The third kappa shape index (κ3) is 4.76. The van der Waals surface area contributed by atoms with E-state index in [9.17, 15) is 14.3 Å². The molecule has 0 saturated carbocycles. The first-order valence-electron chi connectivity index (χ1n) is 9.95. The van der Waals surface area contributed by atoms with Gasteiger partial charge in [0.2, 0.25) is 5.88 Å². The number of nitrogens with zero attached hydrogens (tertiary/aromatic N) is 4. The van der Waals surface area contributed by atoms with Crippen LogP contribution in [-0.2, 0) is 0 Å². The van der Waals surface area contributed by atoms with Gasteiger partial charge in [-0.1, -0.05) is 0 Å². The second-order valence-electron chi connectivity index (χ2n) is 7.35. The van der Waals surface area contributed by atoms with Gasteiger partial charge in [0.25, 0.3) is 0 Å². The van der Waals surface area contributed by atoms with Gasteiger partial charge in [-0.25, -0.2) is 19.2 Å². The van der Waals surface area contributed by atoms with Crippen LogP contribution < -0.4 is 20.1 Å². The molecular weight excluding hydrogens is 431 g/mol. The number of methoxy groups -OCH3 is 1. The van der Waals surface area contributed by atoms with Crippen LogP contribution in [0, 0.1) is 5.82 Å². The van der Waals surface area contributed by atoms with E-state index in [0.717, 1.165) is 6.07 Å². The lowest BCUT2D eigenvalue weighted by Gasteiger charge is -2.11. The largest absolute Gasteiger partial charge is 0.504 e. The molecule has 0 aliphatic rings. The molecule has 0 spiro atoms. The van der Waals surface area contributed by atoms with Crippen LogP contribution in [0.3, 0.4) is 0 Å². The van der Waals surface area contributed by atoms with Crippen molar-refractivity contribution in [3.63, 3.8) is 0 Å². The Balaban J connectivity index is 1.49. The van der Waals surface area contributed by atoms with E-state index in [1.807, 2.05) is 13.8 Å². The summed E-state index contributed by atoms with van der Waals surface area (Å²) >= 11 is 0. The van der Waals surface area contributed by atoms with Crippen molar-refractivity contribution in [1.29, 1.82) is 0 Å². The van der Waals surface area contributed by atoms with Gasteiger partial charge in [-0.15, -0.1) is 0 Å². The zero-order chi connectivity index (χ0) is 23.5. The predicted molar refractivity (Wildman–Crippen MR) is 119 cm³/mol. The number of phenols is 1. The van der Waals surface area contributed by atoms with E-state index >= 15 is 0 Å². The highest BCUT2D eigenvalue weighted by Gasteiger charge is 2.14. The number of urea groups is 1. The van der Waals surface area contributed by atoms with E-state index in [1.54, 1.807) is 10.9 Å². The number of rotatable bonds is 6. The summed E-state index contributed by atoms with van der Waals surface area (Å²) in [7, 11) is 1.42. The van der Waals surface area contributed by atoms with Crippen molar-refractivity contribution in [3.05, 3.63) is 54.9 Å². The van der Waals surface area contributed by atoms with Gasteiger partial charge in [0.15, 0.2) is 11.5 Å². The number of hydrogen-bond donors (Lipinski definition) is 3. The minimum absolute atomic E-state index is 0.0322. The van der Waals surface area contributed by atoms with E-state index in [1.165, 1.54) is 43.9 Å². The van der Waals surface area contributed by atoms with E-state index in [-0.39, 0.29) is 34.9 Å². The summed E-state index contributed by atoms with van der Waals surface area (Å²) in [5.74, 6) is -0.250. The average molecular weight is 452 g/mol. The summed E-state index contributed by atoms with van der Waals surface area (Å²) in [5.41, 5.74) is 0.878. The van der Waals surface area contributed by atoms with E-state index in [0.29, 0.717) is 16.6 Å². The van der Waals surface area contributed by atoms with Crippen molar-refractivity contribution in [2.24, 2.45) is 0 Å². The Bertz CT molecular complexity index is 1320. The predicted octanol–water partition coefficient (Wildman–Crippen LogP) is 4.70. The van der Waals surface area contributed by atoms with Gasteiger partial charge >= 0.3 is 6.03 Å². The maximum atomic E-state index is 14.6. The van der Waals surface area contributed by atoms with Crippen molar-refractivity contribution in [1.82, 2.24) is 19.7 Å². The van der Waals surface area contributed by atoms with Crippen molar-refractivity contribution < 1.29 is 23.8 Å². The topological polar surface area (TPSA) is 123 Å². The van der Waals surface area contributed by atoms with Gasteiger partial charge in [-0.05, 0) is 32.0 Å². The molecule has 0 bridgehead atoms. The smallest absolute Gasteiger partial charge is 0.323 e. The maximum absolute atomic E-state index is 14.6. The standard InChI is InChI=1S/C22H21FN6O4/c1-12(2)29-10-13(9-26-29)27-22(31)28-17-5-4-14(6-16(17)23)33-21-15-7-20(32-3)19(30)8-18(15)24-11-25-21/h4-12,30H,1-3H3,(H2,27,28,31). The lowest BCUT2D eigenvalue weighted by Crippen LogP contribution is -2.19. The molecule has 2 amide bonds. The highest BCUT2D eigenvalue weighted by atomic mass is 19.1. The number of anilines is 2. The summed E-state index contributed by atoms with van der Waals surface area (Å²) < 4.78 is 27.2. The van der Waals surface area contributed by atoms with Crippen LogP contribution in [0.1, 0.15) is 19.9 Å². The molecule has 4 rings (SSSR count). The normalized spacial score (nSPS) is 10.9. The van der Waals surface area contributed by atoms with E-state index in [2.05, 4.69) is 25.7 Å². The number of nitrogens with one attached hydrogen (secondary N) is 2. The molecular formula is C22H21FN6O4. The van der Waals surface area contributed by atoms with Gasteiger partial charge in [0.05, 0.1) is 35.6 Å². The van der Waals surface area contributed by atoms with Gasteiger partial charge < -0.3 is 25.2 Å². The highest BCUT2D eigenvalue weighted by molar-refractivity contribution is 5.99. The van der Waals surface area contributed by atoms with Gasteiger partial charge in [0.1, 0.15) is 17.9 Å². The van der Waals surface area contributed by atoms with Crippen molar-refractivity contribution in [2.75, 3.05) is 17.7 Å². The molecule has 0 fully saturated rings. The molecule has 0 aliphatic carbocycles. The lowest BCUT2D eigenvalue weighted by atomic mass is 10.2. The molecule has 0 radical (unpaired) electrons. The number of phenolic OH excluding ortho intramolecular Hbond substituents is 1. The van der Waals surface area contributed by atoms with Gasteiger partial charge in [-0.2, -0.15) is 5.10 Å². The number of fused-ring (bicyclic) bond motifs is 1. The second kappa shape index (κ2) is 8.99. The number of benzene rings is 2. The monoisotopic (exact) mass is 452 g/mol. The van der Waals surface area contributed by atoms with Crippen LogP contribution in [-0.4, -0.2) is 38.0 Å². The number of carbonyl (C=O) groups excluding carboxylic acids is 1. The molecule has 0 unspecified atom stereocenters. The number of ether oxygens (including phenoxy) is 2. The maximum Gasteiger partial charge on any atom is 0.323 e. The fraction of sp³-hybridized carbons (Fsp3) is 0.182. The van der Waals surface area contributed by atoms with Gasteiger partial charge in [-0.3, -0.25) is 4.68 Å². The summed E-state index contributed by atoms with van der Waals surface area (Å²) in [4.78, 5) is 20.4. The summed E-state index contributed by atoms with van der Waals surface area (Å²) in [6.07, 6.45) is 4.45. The SMILES string of the molecule is COc1cc2c(Oc3ccc(NC(=O)Nc4cnn(C(C)C)c4)c(F)c3)ncnc2cc1O. The van der Waals surface area contributed by atoms with Gasteiger partial charge in [0, 0.05) is 24.4 Å². The van der Waals surface area contributed by atoms with Crippen LogP contribution in [0.4, 0.5) is 20.6 Å². The van der Waals surface area contributed by atoms with Crippen LogP contribution in [0.5, 0.6) is 23.1 Å². The molecule has 33 heavy (non-hydrogen) atoms. The van der Waals surface area contributed by atoms with Crippen LogP contribution in [0.2, 0.25) is 0 Å². The summed E-state index contributed by atoms with van der Waals surface area (Å²) in [5, 5.41) is 19.6. The highest BCUT2D eigenvalue weighted by Crippen LogP contribution is 2.35. The van der Waals surface area contributed by atoms with Crippen molar-refractivity contribution in [2.45, 2.75) is 19.9 Å². The first kappa shape index (κ1) is 21.8. The Morgan fingerprint density at radius 2 is 2.00 bits per heavy atom. The number of amides is 2. The van der Waals surface area contributed by atoms with Crippen molar-refractivity contribution in [3.8, 4) is 23.1 Å². The number of carbonyl (C=O) groups is 1. The number of aromatic nitrogens is 4. The van der Waals surface area contributed by atoms with Crippen molar-refractivity contribution >= 4 is 28.3 Å². The van der Waals surface area contributed by atoms with E-state index < -0.39 is 11.8 Å². The molecule has 2 heterocycles. The molecule has 4 aromatic rings. The second-order valence-corrected chi connectivity index (χ2v) is 7.35. The summed E-state index contributed by atoms with van der Waals surface area (Å²) in [6, 6.07) is 6.46. The minimum atomic E-state index is -0.700. The molecule has 10 nitrogen and oxygen atoms in total. The number of hydrogen-bond acceptors (Lipinski definition) is 7. The minimum Gasteiger partial charge on any atom is -0.504 e. The van der Waals surface area contributed by atoms with Crippen LogP contribution in [0.15, 0.2) is 49.1 Å². The average Bonchev–Trinajstić information content (AvgIpc) is 3.24. The molecule has 170 valence electrons. The molecule has 2 aromatic heterocycles. The zero-order valence-electron chi connectivity index (χ0n) is 18.0. The van der Waals surface area contributed by atoms with Crippen LogP contribution in [0.25, 0.3) is 10.9 Å². The number of halogens is 1. The third-order valence-corrected chi connectivity index (χ3v) is 4.69. The quantitative estimate of drug-likeness (QED) is 0.387. The third-order valence-electron chi connectivity index (χ3n) is 4.69. The zero-order valence-corrected chi connectivity index (χ0v) is 18.0. The first-order chi connectivity index (χ1) is 15.8. The molecule has 0 aliphatic heterocycles. The molecule has 0 saturated heterocycles. The Kier molecular flexibility index (Phi) is 5.94. The van der Waals surface area contributed by atoms with Crippen LogP contribution >= 0.6 is 0 Å². The Morgan fingerprint density at radius 1 is 1.18 bits per heavy atom. The first-order valence-corrected chi connectivity index (χ1v) is 9.95. The molecule has 11 heteroatoms. The van der Waals surface area contributed by atoms with E-state index in [4.69, 9.17) is 9.47 Å². The Morgan fingerprint density at radius 3 is 2.70 bits per heavy atom. The molecule has 0 atom stereocenters. The summed E-state index contributed by atoms with van der Waals surface area (Å²) in [6.45, 7) is 3.92. The Hall–Kier alpha value is -4.41. The molecule has 2 aromatic carbocycles. The molecule has 3 N–H and O–H groups in total. The lowest BCUT2D eigenvalue weighted by molar-refractivity contribution is 0.262. The fourth-order valence-corrected chi connectivity index (χ4v) is 3.04.